The van der Waals surface area contributed by atoms with Crippen LogP contribution in [0.1, 0.15) is 23.1 Å². The van der Waals surface area contributed by atoms with E-state index < -0.39 is 0 Å². The molecule has 13 heavy (non-hydrogen) atoms. The molecule has 0 unspecified atom stereocenters. The van der Waals surface area contributed by atoms with Gasteiger partial charge in [0.15, 0.2) is 0 Å². The van der Waals surface area contributed by atoms with Crippen molar-refractivity contribution >= 4 is 38.0 Å². The molecule has 0 nitrogen and oxygen atoms in total. The van der Waals surface area contributed by atoms with Crippen LogP contribution in [0.2, 0.25) is 0 Å². The minimum absolute atomic E-state index is 1.19. The van der Waals surface area contributed by atoms with Crippen molar-refractivity contribution < 1.29 is 0 Å². The fraction of sp³-hybridized carbons (Fsp3) is 0.455. The molecule has 0 saturated heterocycles. The maximum Gasteiger partial charge on any atom is 0.0715 e. The van der Waals surface area contributed by atoms with Crippen molar-refractivity contribution in [1.29, 1.82) is 0 Å². The van der Waals surface area contributed by atoms with Crippen LogP contribution < -0.4 is 5.19 Å². The summed E-state index contributed by atoms with van der Waals surface area (Å²) < 4.78 is 1.23. The third-order valence-corrected chi connectivity index (χ3v) is 3.66. The van der Waals surface area contributed by atoms with Crippen molar-refractivity contribution in [1.82, 2.24) is 0 Å². The molecule has 0 amide bonds. The van der Waals surface area contributed by atoms with Crippen molar-refractivity contribution in [3.63, 3.8) is 0 Å². The third kappa shape index (κ3) is 2.81. The van der Waals surface area contributed by atoms with Crippen molar-refractivity contribution in [3.8, 4) is 0 Å². The van der Waals surface area contributed by atoms with E-state index >= 15 is 0 Å². The maximum atomic E-state index is 3.66. The smallest absolute Gasteiger partial charge is 0.0715 e. The molecule has 0 aliphatic heterocycles. The van der Waals surface area contributed by atoms with E-state index in [1.165, 1.54) is 39.1 Å². The molecule has 2 heteroatoms. The van der Waals surface area contributed by atoms with Gasteiger partial charge in [0.05, 0.1) is 10.2 Å². The van der Waals surface area contributed by atoms with Gasteiger partial charge in [-0.05, 0) is 47.8 Å². The summed E-state index contributed by atoms with van der Waals surface area (Å²) in [4.78, 5) is 0. The lowest BCUT2D eigenvalue weighted by molar-refractivity contribution is 0.938. The topological polar surface area (TPSA) is 0 Å². The zero-order chi connectivity index (χ0) is 9.84. The number of hydrogen-bond acceptors (Lipinski definition) is 0. The zero-order valence-corrected chi connectivity index (χ0v) is 11.3. The molecule has 0 atom stereocenters. The summed E-state index contributed by atoms with van der Waals surface area (Å²) in [6.07, 6.45) is 2.46. The highest BCUT2D eigenvalue weighted by Gasteiger charge is 2.03. The molecule has 3 radical (unpaired) electrons. The van der Waals surface area contributed by atoms with E-state index in [2.05, 4.69) is 58.8 Å². The van der Waals surface area contributed by atoms with Crippen molar-refractivity contribution in [2.75, 3.05) is 4.43 Å². The van der Waals surface area contributed by atoms with Gasteiger partial charge in [0.1, 0.15) is 0 Å². The van der Waals surface area contributed by atoms with Gasteiger partial charge in [-0.3, -0.25) is 0 Å². The van der Waals surface area contributed by atoms with Crippen molar-refractivity contribution in [2.45, 2.75) is 26.7 Å². The second kappa shape index (κ2) is 5.15. The molecule has 0 heterocycles. The first-order valence-corrected chi connectivity index (χ1v) is 6.56. The third-order valence-electron chi connectivity index (χ3n) is 2.43. The average molecular weight is 301 g/mol. The van der Waals surface area contributed by atoms with E-state index in [0.717, 1.165) is 0 Å². The molecule has 0 aliphatic carbocycles. The number of halogens is 1. The van der Waals surface area contributed by atoms with E-state index in [1.54, 1.807) is 0 Å². The van der Waals surface area contributed by atoms with Crippen molar-refractivity contribution in [3.05, 3.63) is 28.8 Å². The SMILES string of the molecule is Cc1ccc([Si])c(CCCI)c1C. The summed E-state index contributed by atoms with van der Waals surface area (Å²) in [7, 11) is 3.66. The van der Waals surface area contributed by atoms with Crippen LogP contribution in [0.5, 0.6) is 0 Å². The molecule has 1 aromatic carbocycles. The molecule has 0 bridgehead atoms. The molecule has 0 aromatic heterocycles. The van der Waals surface area contributed by atoms with E-state index in [-0.39, 0.29) is 0 Å². The summed E-state index contributed by atoms with van der Waals surface area (Å²) in [6, 6.07) is 4.33. The number of benzene rings is 1. The largest absolute Gasteiger partial charge is 0.0864 e. The van der Waals surface area contributed by atoms with Gasteiger partial charge in [-0.25, -0.2) is 0 Å². The second-order valence-electron chi connectivity index (χ2n) is 3.33. The Kier molecular flexibility index (Phi) is 4.45. The average Bonchev–Trinajstić information content (AvgIpc) is 2.12. The molecule has 0 saturated carbocycles. The van der Waals surface area contributed by atoms with Gasteiger partial charge in [0.25, 0.3) is 0 Å². The fourth-order valence-corrected chi connectivity index (χ4v) is 2.22. The van der Waals surface area contributed by atoms with E-state index in [9.17, 15) is 0 Å². The van der Waals surface area contributed by atoms with Crippen LogP contribution in [0.25, 0.3) is 0 Å². The van der Waals surface area contributed by atoms with Gasteiger partial charge in [-0.1, -0.05) is 39.9 Å². The number of alkyl halides is 1. The first kappa shape index (κ1) is 11.2. The zero-order valence-electron chi connectivity index (χ0n) is 8.15. The minimum atomic E-state index is 1.19. The van der Waals surface area contributed by atoms with Gasteiger partial charge in [-0.2, -0.15) is 0 Å². The molecule has 69 valence electrons. The van der Waals surface area contributed by atoms with Gasteiger partial charge < -0.3 is 0 Å². The fourth-order valence-electron chi connectivity index (χ4n) is 1.44. The summed E-state index contributed by atoms with van der Waals surface area (Å²) in [6.45, 7) is 4.38. The molecule has 0 fully saturated rings. The highest BCUT2D eigenvalue weighted by atomic mass is 127. The molecule has 0 N–H and O–H groups in total. The predicted molar refractivity (Wildman–Crippen MR) is 68.5 cm³/mol. The summed E-state index contributed by atoms with van der Waals surface area (Å²) in [5.74, 6) is 0. The minimum Gasteiger partial charge on any atom is -0.0864 e. The predicted octanol–water partition coefficient (Wildman–Crippen LogP) is 2.46. The van der Waals surface area contributed by atoms with Crippen molar-refractivity contribution in [2.24, 2.45) is 0 Å². The lowest BCUT2D eigenvalue weighted by atomic mass is 10.00. The molecule has 1 rings (SSSR count). The van der Waals surface area contributed by atoms with Crippen LogP contribution >= 0.6 is 22.6 Å². The van der Waals surface area contributed by atoms with Gasteiger partial charge in [0, 0.05) is 0 Å². The highest BCUT2D eigenvalue weighted by molar-refractivity contribution is 14.1. The lowest BCUT2D eigenvalue weighted by Crippen LogP contribution is -2.13. The quantitative estimate of drug-likeness (QED) is 0.457. The van der Waals surface area contributed by atoms with Crippen LogP contribution in [0.4, 0.5) is 0 Å². The normalized spacial score (nSPS) is 10.5. The molecular formula is C11H14ISi. The van der Waals surface area contributed by atoms with Crippen LogP contribution in [-0.4, -0.2) is 14.7 Å². The van der Waals surface area contributed by atoms with Crippen LogP contribution in [0, 0.1) is 13.8 Å². The first-order valence-electron chi connectivity index (χ1n) is 4.53. The Morgan fingerprint density at radius 2 is 2.00 bits per heavy atom. The molecular weight excluding hydrogens is 287 g/mol. The Morgan fingerprint density at radius 1 is 1.31 bits per heavy atom. The Bertz CT molecular complexity index is 294. The molecule has 0 aliphatic rings. The van der Waals surface area contributed by atoms with Crippen LogP contribution in [0.15, 0.2) is 12.1 Å². The second-order valence-corrected chi connectivity index (χ2v) is 4.94. The number of rotatable bonds is 3. The Hall–Kier alpha value is 0.167. The van der Waals surface area contributed by atoms with Gasteiger partial charge in [0.2, 0.25) is 0 Å². The standard InChI is InChI=1S/C11H14ISi/c1-8-5-6-11(13)10(9(8)2)4-3-7-12/h5-6H,3-4,7H2,1-2H3. The number of aryl methyl sites for hydroxylation is 1. The maximum absolute atomic E-state index is 3.66. The summed E-state index contributed by atoms with van der Waals surface area (Å²) in [5, 5.41) is 1.26. The van der Waals surface area contributed by atoms with E-state index in [1.807, 2.05) is 0 Å². The Morgan fingerprint density at radius 3 is 2.62 bits per heavy atom. The van der Waals surface area contributed by atoms with E-state index in [0.29, 0.717) is 0 Å². The first-order chi connectivity index (χ1) is 6.16. The molecule has 0 spiro atoms. The van der Waals surface area contributed by atoms with Crippen LogP contribution in [-0.2, 0) is 6.42 Å². The van der Waals surface area contributed by atoms with Gasteiger partial charge in [-0.15, -0.1) is 0 Å². The monoisotopic (exact) mass is 301 g/mol. The summed E-state index contributed by atoms with van der Waals surface area (Å²) in [5.41, 5.74) is 4.32. The number of hydrogen-bond donors (Lipinski definition) is 0. The Balaban J connectivity index is 2.96. The van der Waals surface area contributed by atoms with E-state index in [4.69, 9.17) is 0 Å². The lowest BCUT2D eigenvalue weighted by Gasteiger charge is -2.11. The Labute approximate surface area is 97.7 Å². The highest BCUT2D eigenvalue weighted by Crippen LogP contribution is 2.12. The van der Waals surface area contributed by atoms with Crippen LogP contribution in [0.3, 0.4) is 0 Å². The summed E-state index contributed by atoms with van der Waals surface area (Å²) >= 11 is 2.43. The molecule has 1 aromatic rings. The van der Waals surface area contributed by atoms with Gasteiger partial charge >= 0.3 is 0 Å².